The molecule has 0 radical (unpaired) electrons. The van der Waals surface area contributed by atoms with Crippen LogP contribution >= 0.6 is 11.3 Å². The minimum absolute atomic E-state index is 0.0874. The number of Topliss-reactive ketones (excluding diaryl/α,β-unsaturated/α-hetero) is 1. The van der Waals surface area contributed by atoms with E-state index in [9.17, 15) is 24.8 Å². The summed E-state index contributed by atoms with van der Waals surface area (Å²) in [6.45, 7) is 3.66. The SMILES string of the molecule is Cc1nc(N2C(=O)C(=O)/C(=C(\O)c3ccccc3)C2c2ccc([N+](=O)[O-])cc2)sc1C. The molecule has 0 spiro atoms. The van der Waals surface area contributed by atoms with Crippen molar-refractivity contribution in [2.75, 3.05) is 4.90 Å². The lowest BCUT2D eigenvalue weighted by atomic mass is 9.95. The van der Waals surface area contributed by atoms with E-state index in [1.54, 1.807) is 37.3 Å². The van der Waals surface area contributed by atoms with Crippen LogP contribution in [-0.4, -0.2) is 26.7 Å². The van der Waals surface area contributed by atoms with E-state index in [0.717, 1.165) is 10.6 Å². The van der Waals surface area contributed by atoms with Crippen LogP contribution in [0.5, 0.6) is 0 Å². The number of amides is 1. The molecule has 0 bridgehead atoms. The van der Waals surface area contributed by atoms with Gasteiger partial charge >= 0.3 is 5.91 Å². The minimum Gasteiger partial charge on any atom is -0.507 e. The molecular weight excluding hydrogens is 418 g/mol. The summed E-state index contributed by atoms with van der Waals surface area (Å²) in [4.78, 5) is 43.1. The van der Waals surface area contributed by atoms with Crippen LogP contribution in [0.3, 0.4) is 0 Å². The van der Waals surface area contributed by atoms with Gasteiger partial charge in [0.1, 0.15) is 5.76 Å². The highest BCUT2D eigenvalue weighted by molar-refractivity contribution is 7.16. The van der Waals surface area contributed by atoms with E-state index >= 15 is 0 Å². The van der Waals surface area contributed by atoms with Crippen LogP contribution in [0.1, 0.15) is 27.7 Å². The van der Waals surface area contributed by atoms with Gasteiger partial charge in [-0.3, -0.25) is 24.6 Å². The fourth-order valence-electron chi connectivity index (χ4n) is 3.43. The average Bonchev–Trinajstić information content (AvgIpc) is 3.23. The molecule has 0 saturated carbocycles. The second kappa shape index (κ2) is 7.77. The van der Waals surface area contributed by atoms with Gasteiger partial charge in [0.15, 0.2) is 5.13 Å². The van der Waals surface area contributed by atoms with Crippen LogP contribution in [-0.2, 0) is 9.59 Å². The number of anilines is 1. The summed E-state index contributed by atoms with van der Waals surface area (Å²) >= 11 is 1.26. The number of ketones is 1. The predicted molar refractivity (Wildman–Crippen MR) is 116 cm³/mol. The van der Waals surface area contributed by atoms with E-state index in [1.807, 2.05) is 6.92 Å². The van der Waals surface area contributed by atoms with Crippen molar-refractivity contribution >= 4 is 39.6 Å². The van der Waals surface area contributed by atoms with Crippen LogP contribution in [0.15, 0.2) is 60.2 Å². The van der Waals surface area contributed by atoms with Gasteiger partial charge in [0.2, 0.25) is 0 Å². The predicted octanol–water partition coefficient (Wildman–Crippen LogP) is 4.29. The number of nitro benzene ring substituents is 1. The Hall–Kier alpha value is -3.85. The molecule has 8 nitrogen and oxygen atoms in total. The second-order valence-electron chi connectivity index (χ2n) is 7.02. The maximum atomic E-state index is 13.0. The average molecular weight is 435 g/mol. The summed E-state index contributed by atoms with van der Waals surface area (Å²) in [5.41, 5.74) is 1.36. The second-order valence-corrected chi connectivity index (χ2v) is 8.20. The molecule has 1 aliphatic rings. The maximum Gasteiger partial charge on any atom is 0.301 e. The lowest BCUT2D eigenvalue weighted by Gasteiger charge is -2.22. The molecule has 2 heterocycles. The number of nitrogens with zero attached hydrogens (tertiary/aromatic N) is 3. The van der Waals surface area contributed by atoms with E-state index in [0.29, 0.717) is 16.3 Å². The van der Waals surface area contributed by atoms with Crippen molar-refractivity contribution in [1.29, 1.82) is 0 Å². The van der Waals surface area contributed by atoms with E-state index < -0.39 is 22.7 Å². The van der Waals surface area contributed by atoms with Gasteiger partial charge in [-0.1, -0.05) is 30.3 Å². The lowest BCUT2D eigenvalue weighted by Crippen LogP contribution is -2.29. The number of carbonyl (C=O) groups excluding carboxylic acids is 2. The summed E-state index contributed by atoms with van der Waals surface area (Å²) < 4.78 is 0. The quantitative estimate of drug-likeness (QED) is 0.215. The molecule has 0 aliphatic carbocycles. The Morgan fingerprint density at radius 1 is 1.10 bits per heavy atom. The molecule has 1 unspecified atom stereocenters. The molecule has 1 amide bonds. The standard InChI is InChI=1S/C22H17N3O5S/c1-12-13(2)31-22(23-12)24-18(14-8-10-16(11-9-14)25(29)30)17(20(27)21(24)28)19(26)15-6-4-3-5-7-15/h3-11,18,26H,1-2H3/b19-17-. The minimum atomic E-state index is -0.967. The highest BCUT2D eigenvalue weighted by Crippen LogP contribution is 2.43. The third kappa shape index (κ3) is 3.49. The fourth-order valence-corrected chi connectivity index (χ4v) is 4.37. The van der Waals surface area contributed by atoms with Crippen molar-refractivity contribution in [1.82, 2.24) is 4.98 Å². The summed E-state index contributed by atoms with van der Waals surface area (Å²) in [7, 11) is 0. The third-order valence-electron chi connectivity index (χ3n) is 5.13. The number of thiazole rings is 1. The molecule has 156 valence electrons. The van der Waals surface area contributed by atoms with E-state index in [2.05, 4.69) is 4.98 Å². The fraction of sp³-hybridized carbons (Fsp3) is 0.136. The van der Waals surface area contributed by atoms with Crippen molar-refractivity contribution in [3.8, 4) is 0 Å². The molecule has 4 rings (SSSR count). The summed E-state index contributed by atoms with van der Waals surface area (Å²) in [6, 6.07) is 13.0. The van der Waals surface area contributed by atoms with Gasteiger partial charge in [0.25, 0.3) is 11.5 Å². The van der Waals surface area contributed by atoms with Gasteiger partial charge in [-0.05, 0) is 31.5 Å². The summed E-state index contributed by atoms with van der Waals surface area (Å²) in [6.07, 6.45) is 0. The lowest BCUT2D eigenvalue weighted by molar-refractivity contribution is -0.384. The zero-order valence-electron chi connectivity index (χ0n) is 16.6. The number of non-ortho nitro benzene ring substituents is 1. The number of hydrogen-bond donors (Lipinski definition) is 1. The number of aryl methyl sites for hydroxylation is 2. The number of aromatic nitrogens is 1. The van der Waals surface area contributed by atoms with Crippen molar-refractivity contribution in [2.24, 2.45) is 0 Å². The smallest absolute Gasteiger partial charge is 0.301 e. The van der Waals surface area contributed by atoms with Crippen LogP contribution < -0.4 is 4.90 Å². The van der Waals surface area contributed by atoms with Crippen molar-refractivity contribution in [3.63, 3.8) is 0 Å². The molecular formula is C22H17N3O5S. The van der Waals surface area contributed by atoms with E-state index in [1.165, 1.54) is 40.5 Å². The first-order valence-electron chi connectivity index (χ1n) is 9.34. The van der Waals surface area contributed by atoms with Gasteiger partial charge in [0, 0.05) is 22.6 Å². The highest BCUT2D eigenvalue weighted by Gasteiger charge is 2.48. The van der Waals surface area contributed by atoms with E-state index in [-0.39, 0.29) is 17.0 Å². The Kier molecular flexibility index (Phi) is 5.12. The summed E-state index contributed by atoms with van der Waals surface area (Å²) in [5, 5.41) is 22.3. The maximum absolute atomic E-state index is 13.0. The number of carbonyl (C=O) groups is 2. The zero-order valence-corrected chi connectivity index (χ0v) is 17.4. The topological polar surface area (TPSA) is 114 Å². The van der Waals surface area contributed by atoms with Gasteiger partial charge in [-0.2, -0.15) is 0 Å². The van der Waals surface area contributed by atoms with Gasteiger partial charge < -0.3 is 5.11 Å². The first-order chi connectivity index (χ1) is 14.8. The largest absolute Gasteiger partial charge is 0.507 e. The van der Waals surface area contributed by atoms with Gasteiger partial charge in [-0.15, -0.1) is 11.3 Å². The Bertz CT molecular complexity index is 1210. The number of aliphatic hydroxyl groups is 1. The Morgan fingerprint density at radius 3 is 2.29 bits per heavy atom. The van der Waals surface area contributed by atoms with Crippen LogP contribution in [0.4, 0.5) is 10.8 Å². The summed E-state index contributed by atoms with van der Waals surface area (Å²) in [5.74, 6) is -1.96. The van der Waals surface area contributed by atoms with Crippen LogP contribution in [0.25, 0.3) is 5.76 Å². The number of rotatable bonds is 4. The molecule has 9 heteroatoms. The Morgan fingerprint density at radius 2 is 1.74 bits per heavy atom. The molecule has 1 atom stereocenters. The normalized spacial score (nSPS) is 17.9. The molecule has 3 aromatic rings. The van der Waals surface area contributed by atoms with Crippen molar-refractivity contribution in [3.05, 3.63) is 92.0 Å². The molecule has 2 aromatic carbocycles. The number of hydrogen-bond acceptors (Lipinski definition) is 7. The Labute approximate surface area is 181 Å². The first-order valence-corrected chi connectivity index (χ1v) is 10.2. The highest BCUT2D eigenvalue weighted by atomic mass is 32.1. The monoisotopic (exact) mass is 435 g/mol. The molecule has 31 heavy (non-hydrogen) atoms. The van der Waals surface area contributed by atoms with Crippen molar-refractivity contribution < 1.29 is 19.6 Å². The van der Waals surface area contributed by atoms with Crippen molar-refractivity contribution in [2.45, 2.75) is 19.9 Å². The van der Waals surface area contributed by atoms with Gasteiger partial charge in [0.05, 0.1) is 22.2 Å². The number of benzene rings is 2. The number of nitro groups is 1. The molecule has 1 aliphatic heterocycles. The molecule has 1 fully saturated rings. The van der Waals surface area contributed by atoms with Crippen LogP contribution in [0, 0.1) is 24.0 Å². The zero-order chi connectivity index (χ0) is 22.3. The Balaban J connectivity index is 1.94. The first kappa shape index (κ1) is 20.4. The van der Waals surface area contributed by atoms with E-state index in [4.69, 9.17) is 0 Å². The third-order valence-corrected chi connectivity index (χ3v) is 6.21. The molecule has 1 saturated heterocycles. The molecule has 1 aromatic heterocycles. The molecule has 1 N–H and O–H groups in total. The van der Waals surface area contributed by atoms with Crippen LogP contribution in [0.2, 0.25) is 0 Å². The van der Waals surface area contributed by atoms with Gasteiger partial charge in [-0.25, -0.2) is 4.98 Å². The number of aliphatic hydroxyl groups excluding tert-OH is 1.